The van der Waals surface area contributed by atoms with Gasteiger partial charge in [-0.05, 0) is 67.0 Å². The molecule has 16 nitrogen and oxygen atoms in total. The Morgan fingerprint density at radius 1 is 0.862 bits per heavy atom. The molecule has 65 heavy (non-hydrogen) atoms. The van der Waals surface area contributed by atoms with Gasteiger partial charge in [-0.15, -0.1) is 0 Å². The highest BCUT2D eigenvalue weighted by Gasteiger charge is 2.46. The summed E-state index contributed by atoms with van der Waals surface area (Å²) >= 11 is 0. The zero-order valence-corrected chi connectivity index (χ0v) is 37.0. The van der Waals surface area contributed by atoms with Crippen molar-refractivity contribution in [3.05, 3.63) is 81.8 Å². The minimum absolute atomic E-state index is 0.0119. The molecule has 5 amide bonds. The van der Waals surface area contributed by atoms with Crippen LogP contribution in [0, 0.1) is 0 Å². The van der Waals surface area contributed by atoms with Crippen molar-refractivity contribution in [2.24, 2.45) is 7.05 Å². The Hall–Kier alpha value is -5.85. The molecule has 4 aromatic rings. The van der Waals surface area contributed by atoms with E-state index < -0.39 is 36.1 Å². The molecule has 0 bridgehead atoms. The van der Waals surface area contributed by atoms with E-state index in [0.29, 0.717) is 54.9 Å². The number of fused-ring (bicyclic) bond motifs is 3. The molecule has 6 aliphatic heterocycles. The molecule has 2 aromatic heterocycles. The molecule has 6 aliphatic rings. The normalized spacial score (nSPS) is 21.3. The number of rotatable bonds is 10. The summed E-state index contributed by atoms with van der Waals surface area (Å²) in [7, 11) is 1.78. The van der Waals surface area contributed by atoms with Crippen LogP contribution in [0.1, 0.15) is 100 Å². The van der Waals surface area contributed by atoms with E-state index in [-0.39, 0.29) is 30.4 Å². The van der Waals surface area contributed by atoms with Crippen LogP contribution in [0.25, 0.3) is 11.1 Å². The van der Waals surface area contributed by atoms with Gasteiger partial charge in [-0.1, -0.05) is 12.1 Å². The SMILES string of the molecule is CC(=O)N1CCc2c(c(N3CCCc4cc(-c5cnn(C)c5)c(C(F)F)cc43)nn2C2CCN(CCN3CCN(Cc4cccc5c4C(=O)N(C4CCC(=O)NC4=O)C5=O)CC3)CC2)C1. The molecule has 3 saturated heterocycles. The molecule has 8 heterocycles. The zero-order chi connectivity index (χ0) is 45.1. The lowest BCUT2D eigenvalue weighted by atomic mass is 9.92. The van der Waals surface area contributed by atoms with Gasteiger partial charge in [-0.2, -0.15) is 10.2 Å². The van der Waals surface area contributed by atoms with Crippen LogP contribution in [0.4, 0.5) is 20.3 Å². The number of aromatic nitrogens is 4. The van der Waals surface area contributed by atoms with Crippen molar-refractivity contribution >= 4 is 41.0 Å². The Labute approximate surface area is 376 Å². The number of hydrogen-bond acceptors (Lipinski definition) is 11. The molecule has 0 saturated carbocycles. The van der Waals surface area contributed by atoms with E-state index in [2.05, 4.69) is 34.7 Å². The average molecular weight is 892 g/mol. The first-order valence-corrected chi connectivity index (χ1v) is 23.0. The fraction of sp³-hybridized carbons (Fsp3) is 0.511. The number of anilines is 2. The molecule has 0 aliphatic carbocycles. The van der Waals surface area contributed by atoms with Crippen molar-refractivity contribution in [1.82, 2.24) is 49.4 Å². The lowest BCUT2D eigenvalue weighted by Gasteiger charge is -2.37. The van der Waals surface area contributed by atoms with E-state index in [1.165, 1.54) is 0 Å². The van der Waals surface area contributed by atoms with Gasteiger partial charge >= 0.3 is 0 Å². The molecular formula is C47H55F2N11O5. The van der Waals surface area contributed by atoms with E-state index in [9.17, 15) is 32.8 Å². The lowest BCUT2D eigenvalue weighted by molar-refractivity contribution is -0.136. The zero-order valence-electron chi connectivity index (χ0n) is 37.0. The third-order valence-corrected chi connectivity index (χ3v) is 14.4. The van der Waals surface area contributed by atoms with Gasteiger partial charge in [0.2, 0.25) is 17.7 Å². The number of imide groups is 2. The number of amides is 5. The van der Waals surface area contributed by atoms with Crippen LogP contribution in [-0.4, -0.2) is 145 Å². The number of carbonyl (C=O) groups is 5. The summed E-state index contributed by atoms with van der Waals surface area (Å²) in [5.41, 5.74) is 6.50. The first-order valence-electron chi connectivity index (χ1n) is 23.0. The third kappa shape index (κ3) is 8.13. The maximum absolute atomic E-state index is 14.7. The van der Waals surface area contributed by atoms with Crippen LogP contribution in [0.2, 0.25) is 0 Å². The second kappa shape index (κ2) is 17.5. The van der Waals surface area contributed by atoms with Crippen LogP contribution in [0.5, 0.6) is 0 Å². The number of alkyl halides is 2. The van der Waals surface area contributed by atoms with Gasteiger partial charge in [0.15, 0.2) is 5.82 Å². The molecule has 0 radical (unpaired) electrons. The Balaban J connectivity index is 0.772. The molecule has 0 spiro atoms. The van der Waals surface area contributed by atoms with Crippen molar-refractivity contribution in [3.63, 3.8) is 0 Å². The fourth-order valence-corrected chi connectivity index (χ4v) is 10.9. The number of hydrogen-bond donors (Lipinski definition) is 1. The van der Waals surface area contributed by atoms with Crippen LogP contribution in [0.15, 0.2) is 42.7 Å². The second-order valence-corrected chi connectivity index (χ2v) is 18.4. The number of nitrogens with zero attached hydrogens (tertiary/aromatic N) is 10. The molecule has 1 unspecified atom stereocenters. The third-order valence-electron chi connectivity index (χ3n) is 14.4. The van der Waals surface area contributed by atoms with Gasteiger partial charge in [0.25, 0.3) is 18.2 Å². The number of benzene rings is 2. The maximum atomic E-state index is 14.7. The van der Waals surface area contributed by atoms with E-state index >= 15 is 0 Å². The Morgan fingerprint density at radius 3 is 2.32 bits per heavy atom. The minimum Gasteiger partial charge on any atom is -0.338 e. The summed E-state index contributed by atoms with van der Waals surface area (Å²) < 4.78 is 33.3. The largest absolute Gasteiger partial charge is 0.338 e. The van der Waals surface area contributed by atoms with Crippen LogP contribution >= 0.6 is 0 Å². The fourth-order valence-electron chi connectivity index (χ4n) is 10.9. The smallest absolute Gasteiger partial charge is 0.264 e. The number of likely N-dealkylation sites (tertiary alicyclic amines) is 1. The van der Waals surface area contributed by atoms with Crippen LogP contribution in [0.3, 0.4) is 0 Å². The molecule has 1 atom stereocenters. The van der Waals surface area contributed by atoms with Crippen molar-refractivity contribution < 1.29 is 32.8 Å². The molecule has 2 aromatic carbocycles. The monoisotopic (exact) mass is 891 g/mol. The van der Waals surface area contributed by atoms with Gasteiger partial charge in [-0.3, -0.25) is 53.4 Å². The molecular weight excluding hydrogens is 837 g/mol. The predicted octanol–water partition coefficient (Wildman–Crippen LogP) is 4.07. The Kier molecular flexibility index (Phi) is 11.6. The number of piperazine rings is 1. The molecule has 18 heteroatoms. The Morgan fingerprint density at radius 2 is 1.62 bits per heavy atom. The summed E-state index contributed by atoms with van der Waals surface area (Å²) in [6.45, 7) is 11.0. The highest BCUT2D eigenvalue weighted by Crippen LogP contribution is 2.44. The molecule has 3 fully saturated rings. The summed E-state index contributed by atoms with van der Waals surface area (Å²) in [5.74, 6) is -1.19. The standard InChI is InChI=1S/C47H55F2N11O5/c1-29(61)57-16-12-38-37(28-57)44(58-13-4-6-30-23-35(32-25-50-53(2)26-32)36(43(48)49)24-40(30)58)52-60(38)33-10-14-54(15-11-33)17-18-55-19-21-56(22-20-55)27-31-5-3-7-34-42(31)47(65)59(46(34)64)39-8-9-41(62)51-45(39)63/h3,5,7,23-26,33,39,43H,4,6,8-22,27-28H2,1-2H3,(H,51,62,63). The number of halogens is 2. The highest BCUT2D eigenvalue weighted by atomic mass is 19.3. The topological polar surface area (TPSA) is 152 Å². The van der Waals surface area contributed by atoms with Crippen molar-refractivity contribution in [2.45, 2.75) is 83.5 Å². The van der Waals surface area contributed by atoms with Gasteiger partial charge in [0, 0.05) is 133 Å². The number of carbonyl (C=O) groups excluding carboxylic acids is 5. The number of nitrogens with one attached hydrogen (secondary N) is 1. The van der Waals surface area contributed by atoms with Crippen molar-refractivity contribution in [3.8, 4) is 11.1 Å². The summed E-state index contributed by atoms with van der Waals surface area (Å²) in [5, 5.41) is 11.8. The van der Waals surface area contributed by atoms with Gasteiger partial charge < -0.3 is 14.7 Å². The van der Waals surface area contributed by atoms with Crippen molar-refractivity contribution in [1.29, 1.82) is 0 Å². The van der Waals surface area contributed by atoms with Crippen LogP contribution < -0.4 is 10.2 Å². The first kappa shape index (κ1) is 43.1. The second-order valence-electron chi connectivity index (χ2n) is 18.4. The number of piperidine rings is 2. The predicted molar refractivity (Wildman–Crippen MR) is 235 cm³/mol. The number of aryl methyl sites for hydroxylation is 2. The minimum atomic E-state index is -2.67. The van der Waals surface area contributed by atoms with E-state index in [1.54, 1.807) is 49.2 Å². The molecule has 342 valence electrons. The first-order chi connectivity index (χ1) is 31.4. The summed E-state index contributed by atoms with van der Waals surface area (Å²) in [4.78, 5) is 76.3. The van der Waals surface area contributed by atoms with E-state index in [4.69, 9.17) is 5.10 Å². The maximum Gasteiger partial charge on any atom is 0.264 e. The Bertz CT molecular complexity index is 2560. The van der Waals surface area contributed by atoms with Crippen molar-refractivity contribution in [2.75, 3.05) is 70.3 Å². The lowest BCUT2D eigenvalue weighted by Crippen LogP contribution is -2.54. The van der Waals surface area contributed by atoms with Gasteiger partial charge in [-0.25, -0.2) is 8.78 Å². The van der Waals surface area contributed by atoms with E-state index in [1.807, 2.05) is 17.0 Å². The van der Waals surface area contributed by atoms with Gasteiger partial charge in [0.1, 0.15) is 6.04 Å². The summed E-state index contributed by atoms with van der Waals surface area (Å²) in [6.07, 6.45) is 5.13. The van der Waals surface area contributed by atoms with E-state index in [0.717, 1.165) is 117 Å². The highest BCUT2D eigenvalue weighted by molar-refractivity contribution is 6.24. The quantitative estimate of drug-likeness (QED) is 0.230. The molecule has 10 rings (SSSR count). The van der Waals surface area contributed by atoms with Crippen LogP contribution in [-0.2, 0) is 47.4 Å². The van der Waals surface area contributed by atoms with Gasteiger partial charge in [0.05, 0.1) is 29.9 Å². The molecule has 1 N–H and O–H groups in total. The summed E-state index contributed by atoms with van der Waals surface area (Å²) in [6, 6.07) is 8.06. The average Bonchev–Trinajstić information content (AvgIpc) is 3.99.